The Hall–Kier alpha value is -1.73. The number of piperidine rings is 1. The summed E-state index contributed by atoms with van der Waals surface area (Å²) in [6.45, 7) is 10.7. The van der Waals surface area contributed by atoms with Gasteiger partial charge >= 0.3 is 0 Å². The normalized spacial score (nSPS) is 23.4. The van der Waals surface area contributed by atoms with Crippen molar-refractivity contribution >= 4 is 21.6 Å². The first-order valence-electron chi connectivity index (χ1n) is 11.2. The van der Waals surface area contributed by atoms with E-state index >= 15 is 0 Å². The number of hydrogen-bond donors (Lipinski definition) is 3. The fourth-order valence-corrected chi connectivity index (χ4v) is 6.80. The standard InChI is InChI=1S/C24H32N4OS/c1-13(2)21-22(16-10-14(3)26-15(4)11-16)27-18-12-20(30-23(18)21)24(29)28-9-5-6-17-19(28)7-8-25-17/h10-13,17,19,24-25,27,29H,5-9H2,1-4H3. The molecule has 2 fully saturated rings. The number of nitrogens with one attached hydrogen (secondary N) is 2. The van der Waals surface area contributed by atoms with Crippen molar-refractivity contribution < 1.29 is 5.11 Å². The Morgan fingerprint density at radius 2 is 1.93 bits per heavy atom. The van der Waals surface area contributed by atoms with Gasteiger partial charge in [-0.25, -0.2) is 0 Å². The van der Waals surface area contributed by atoms with Crippen LogP contribution in [0.2, 0.25) is 0 Å². The van der Waals surface area contributed by atoms with E-state index in [1.54, 1.807) is 11.3 Å². The first-order chi connectivity index (χ1) is 14.4. The second-order valence-electron chi connectivity index (χ2n) is 9.27. The van der Waals surface area contributed by atoms with Crippen LogP contribution in [0.3, 0.4) is 0 Å². The molecule has 0 amide bonds. The van der Waals surface area contributed by atoms with Crippen LogP contribution in [-0.4, -0.2) is 45.1 Å². The molecule has 3 aromatic rings. The summed E-state index contributed by atoms with van der Waals surface area (Å²) < 4.78 is 1.28. The van der Waals surface area contributed by atoms with E-state index in [1.165, 1.54) is 27.9 Å². The molecule has 0 radical (unpaired) electrons. The van der Waals surface area contributed by atoms with Crippen LogP contribution in [-0.2, 0) is 0 Å². The molecule has 5 heterocycles. The van der Waals surface area contributed by atoms with E-state index in [2.05, 4.69) is 66.1 Å². The molecule has 6 heteroatoms. The third-order valence-electron chi connectivity index (χ3n) is 6.71. The Kier molecular flexibility index (Phi) is 5.22. The van der Waals surface area contributed by atoms with Crippen molar-refractivity contribution in [3.05, 3.63) is 40.0 Å². The maximum absolute atomic E-state index is 11.3. The number of aliphatic hydroxyl groups is 1. The predicted octanol–water partition coefficient (Wildman–Crippen LogP) is 4.85. The van der Waals surface area contributed by atoms with Gasteiger partial charge in [0.1, 0.15) is 6.23 Å². The summed E-state index contributed by atoms with van der Waals surface area (Å²) in [5, 5.41) is 14.9. The van der Waals surface area contributed by atoms with Crippen LogP contribution in [0.1, 0.15) is 67.1 Å². The number of aliphatic hydroxyl groups excluding tert-OH is 1. The molecule has 0 saturated carbocycles. The highest BCUT2D eigenvalue weighted by Gasteiger charge is 2.38. The minimum absolute atomic E-state index is 0.393. The number of thiophene rings is 1. The Morgan fingerprint density at radius 3 is 2.67 bits per heavy atom. The molecule has 3 N–H and O–H groups in total. The smallest absolute Gasteiger partial charge is 0.143 e. The molecule has 3 unspecified atom stereocenters. The minimum atomic E-state index is -0.516. The van der Waals surface area contributed by atoms with E-state index in [1.807, 2.05) is 0 Å². The van der Waals surface area contributed by atoms with Crippen molar-refractivity contribution in [1.29, 1.82) is 0 Å². The number of rotatable bonds is 4. The topological polar surface area (TPSA) is 64.2 Å². The van der Waals surface area contributed by atoms with Gasteiger partial charge in [-0.05, 0) is 69.3 Å². The van der Waals surface area contributed by atoms with Crippen LogP contribution in [0, 0.1) is 13.8 Å². The van der Waals surface area contributed by atoms with Crippen LogP contribution in [0.4, 0.5) is 0 Å². The quantitative estimate of drug-likeness (QED) is 0.560. The number of aromatic nitrogens is 2. The maximum Gasteiger partial charge on any atom is 0.143 e. The van der Waals surface area contributed by atoms with Gasteiger partial charge in [0.25, 0.3) is 0 Å². The lowest BCUT2D eigenvalue weighted by molar-refractivity contribution is -0.0427. The van der Waals surface area contributed by atoms with Crippen molar-refractivity contribution in [3.63, 3.8) is 0 Å². The first-order valence-corrected chi connectivity index (χ1v) is 12.0. The Morgan fingerprint density at radius 1 is 1.17 bits per heavy atom. The van der Waals surface area contributed by atoms with Crippen molar-refractivity contribution in [3.8, 4) is 11.3 Å². The SMILES string of the molecule is Cc1cc(-c2[nH]c3cc(C(O)N4CCCC5NCCC54)sc3c2C(C)C)cc(C)n1. The Bertz CT molecular complexity index is 1050. The maximum atomic E-state index is 11.3. The molecule has 160 valence electrons. The average molecular weight is 425 g/mol. The molecule has 30 heavy (non-hydrogen) atoms. The van der Waals surface area contributed by atoms with E-state index in [4.69, 9.17) is 0 Å². The van der Waals surface area contributed by atoms with Gasteiger partial charge in [0, 0.05) is 35.6 Å². The Balaban J connectivity index is 1.53. The molecule has 0 aliphatic carbocycles. The summed E-state index contributed by atoms with van der Waals surface area (Å²) in [6.07, 6.45) is 2.99. The predicted molar refractivity (Wildman–Crippen MR) is 124 cm³/mol. The largest absolute Gasteiger partial charge is 0.373 e. The molecule has 0 spiro atoms. The van der Waals surface area contributed by atoms with Gasteiger partial charge in [-0.1, -0.05) is 13.8 Å². The molecule has 5 rings (SSSR count). The molecule has 2 aliphatic rings. The lowest BCUT2D eigenvalue weighted by atomic mass is 9.97. The summed E-state index contributed by atoms with van der Waals surface area (Å²) in [4.78, 5) is 11.6. The first kappa shape index (κ1) is 20.2. The summed E-state index contributed by atoms with van der Waals surface area (Å²) in [5.41, 5.74) is 6.96. The highest BCUT2D eigenvalue weighted by atomic mass is 32.1. The number of hydrogen-bond acceptors (Lipinski definition) is 5. The summed E-state index contributed by atoms with van der Waals surface area (Å²) >= 11 is 1.75. The third-order valence-corrected chi connectivity index (χ3v) is 7.92. The molecule has 5 nitrogen and oxygen atoms in total. The zero-order chi connectivity index (χ0) is 21.0. The minimum Gasteiger partial charge on any atom is -0.373 e. The zero-order valence-corrected chi connectivity index (χ0v) is 19.1. The van der Waals surface area contributed by atoms with Gasteiger partial charge in [-0.2, -0.15) is 0 Å². The molecular formula is C24H32N4OS. The molecule has 0 bridgehead atoms. The summed E-state index contributed by atoms with van der Waals surface area (Å²) in [5.74, 6) is 0.393. The number of nitrogens with zero attached hydrogens (tertiary/aromatic N) is 2. The van der Waals surface area contributed by atoms with E-state index in [0.29, 0.717) is 18.0 Å². The van der Waals surface area contributed by atoms with Crippen molar-refractivity contribution in [2.75, 3.05) is 13.1 Å². The van der Waals surface area contributed by atoms with E-state index in [9.17, 15) is 5.11 Å². The van der Waals surface area contributed by atoms with E-state index in [0.717, 1.165) is 47.7 Å². The van der Waals surface area contributed by atoms with E-state index < -0.39 is 6.23 Å². The molecule has 3 aromatic heterocycles. The van der Waals surface area contributed by atoms with Gasteiger partial charge in [0.2, 0.25) is 0 Å². The van der Waals surface area contributed by atoms with Gasteiger partial charge < -0.3 is 15.4 Å². The van der Waals surface area contributed by atoms with Crippen molar-refractivity contribution in [2.24, 2.45) is 0 Å². The average Bonchev–Trinajstić information content (AvgIpc) is 3.39. The summed E-state index contributed by atoms with van der Waals surface area (Å²) in [6, 6.07) is 7.48. The fourth-order valence-electron chi connectivity index (χ4n) is 5.48. The van der Waals surface area contributed by atoms with Gasteiger partial charge in [0.05, 0.1) is 20.8 Å². The van der Waals surface area contributed by atoms with Crippen LogP contribution in [0.15, 0.2) is 18.2 Å². The van der Waals surface area contributed by atoms with Crippen molar-refractivity contribution in [1.82, 2.24) is 20.2 Å². The van der Waals surface area contributed by atoms with Crippen LogP contribution >= 0.6 is 11.3 Å². The monoisotopic (exact) mass is 424 g/mol. The van der Waals surface area contributed by atoms with Crippen LogP contribution in [0.5, 0.6) is 0 Å². The van der Waals surface area contributed by atoms with Crippen LogP contribution < -0.4 is 5.32 Å². The molecular weight excluding hydrogens is 392 g/mol. The third kappa shape index (κ3) is 3.40. The number of aromatic amines is 1. The highest BCUT2D eigenvalue weighted by Crippen LogP contribution is 2.43. The second kappa shape index (κ2) is 7.75. The number of likely N-dealkylation sites (tertiary alicyclic amines) is 1. The van der Waals surface area contributed by atoms with Crippen molar-refractivity contribution in [2.45, 2.75) is 71.2 Å². The number of H-pyrrole nitrogens is 1. The highest BCUT2D eigenvalue weighted by molar-refractivity contribution is 7.19. The number of aryl methyl sites for hydroxylation is 2. The summed E-state index contributed by atoms with van der Waals surface area (Å²) in [7, 11) is 0. The lowest BCUT2D eigenvalue weighted by Gasteiger charge is -2.39. The molecule has 0 aromatic carbocycles. The van der Waals surface area contributed by atoms with E-state index in [-0.39, 0.29) is 0 Å². The van der Waals surface area contributed by atoms with Gasteiger partial charge in [-0.3, -0.25) is 9.88 Å². The van der Waals surface area contributed by atoms with Gasteiger partial charge in [0.15, 0.2) is 0 Å². The lowest BCUT2D eigenvalue weighted by Crippen LogP contribution is -2.49. The Labute approximate surface area is 182 Å². The number of pyridine rings is 1. The fraction of sp³-hybridized carbons (Fsp3) is 0.542. The second-order valence-corrected chi connectivity index (χ2v) is 10.4. The molecule has 2 saturated heterocycles. The molecule has 3 atom stereocenters. The van der Waals surface area contributed by atoms with Gasteiger partial charge in [-0.15, -0.1) is 11.3 Å². The number of fused-ring (bicyclic) bond motifs is 2. The zero-order valence-electron chi connectivity index (χ0n) is 18.3. The molecule has 2 aliphatic heterocycles. The van der Waals surface area contributed by atoms with Crippen LogP contribution in [0.25, 0.3) is 21.5 Å².